The Morgan fingerprint density at radius 3 is 2.62 bits per heavy atom. The fraction of sp³-hybridized carbons (Fsp3) is 0.300. The standard InChI is InChI=1S/C10H12N2O4/c1-6(2)11-10(13)7(3)8-4-5-9(16-8)12(14)15/h4-6H,3H2,1-2H3,(H,11,13). The molecule has 86 valence electrons. The van der Waals surface area contributed by atoms with Gasteiger partial charge in [0.05, 0.1) is 11.6 Å². The van der Waals surface area contributed by atoms with Crippen LogP contribution in [0, 0.1) is 10.1 Å². The SMILES string of the molecule is C=C(C(=O)NC(C)C)c1ccc([N+](=O)[O-])o1. The molecule has 16 heavy (non-hydrogen) atoms. The number of hydrogen-bond acceptors (Lipinski definition) is 4. The molecule has 1 heterocycles. The van der Waals surface area contributed by atoms with Crippen molar-refractivity contribution >= 4 is 17.4 Å². The maximum absolute atomic E-state index is 11.5. The van der Waals surface area contributed by atoms with Crippen molar-refractivity contribution in [1.29, 1.82) is 0 Å². The van der Waals surface area contributed by atoms with E-state index in [1.54, 1.807) is 13.8 Å². The molecule has 1 aromatic heterocycles. The molecule has 0 aromatic carbocycles. The Bertz CT molecular complexity index is 434. The van der Waals surface area contributed by atoms with Gasteiger partial charge in [-0.05, 0) is 19.9 Å². The molecule has 1 amide bonds. The Morgan fingerprint density at radius 1 is 1.56 bits per heavy atom. The van der Waals surface area contributed by atoms with Crippen LogP contribution in [0.4, 0.5) is 5.88 Å². The van der Waals surface area contributed by atoms with Gasteiger partial charge in [-0.3, -0.25) is 14.9 Å². The topological polar surface area (TPSA) is 85.4 Å². The molecule has 0 spiro atoms. The number of carbonyl (C=O) groups excluding carboxylic acids is 1. The third-order valence-electron chi connectivity index (χ3n) is 1.76. The van der Waals surface area contributed by atoms with Crippen LogP contribution >= 0.6 is 0 Å². The van der Waals surface area contributed by atoms with Gasteiger partial charge in [0.1, 0.15) is 10.7 Å². The first-order valence-corrected chi connectivity index (χ1v) is 4.66. The van der Waals surface area contributed by atoms with E-state index in [2.05, 4.69) is 11.9 Å². The number of nitrogens with zero attached hydrogens (tertiary/aromatic N) is 1. The molecule has 0 saturated carbocycles. The van der Waals surface area contributed by atoms with Gasteiger partial charge in [0.2, 0.25) is 0 Å². The summed E-state index contributed by atoms with van der Waals surface area (Å²) in [6.45, 7) is 7.12. The number of hydrogen-bond donors (Lipinski definition) is 1. The van der Waals surface area contributed by atoms with Crippen molar-refractivity contribution in [2.24, 2.45) is 0 Å². The molecule has 0 radical (unpaired) electrons. The van der Waals surface area contributed by atoms with E-state index < -0.39 is 16.7 Å². The lowest BCUT2D eigenvalue weighted by molar-refractivity contribution is -0.402. The molecule has 0 saturated heterocycles. The molecule has 0 fully saturated rings. The van der Waals surface area contributed by atoms with Gasteiger partial charge in [-0.15, -0.1) is 0 Å². The Kier molecular flexibility index (Phi) is 3.44. The van der Waals surface area contributed by atoms with Crippen LogP contribution in [0.1, 0.15) is 19.6 Å². The monoisotopic (exact) mass is 224 g/mol. The summed E-state index contributed by atoms with van der Waals surface area (Å²) in [7, 11) is 0. The second kappa shape index (κ2) is 4.61. The van der Waals surface area contributed by atoms with Gasteiger partial charge in [0, 0.05) is 6.04 Å². The molecule has 0 atom stereocenters. The lowest BCUT2D eigenvalue weighted by Crippen LogP contribution is -2.30. The maximum atomic E-state index is 11.5. The largest absolute Gasteiger partial charge is 0.433 e. The van der Waals surface area contributed by atoms with Crippen LogP contribution in [0.5, 0.6) is 0 Å². The zero-order valence-electron chi connectivity index (χ0n) is 9.02. The van der Waals surface area contributed by atoms with Gasteiger partial charge in [-0.25, -0.2) is 0 Å². The molecule has 0 aliphatic heterocycles. The minimum Gasteiger partial charge on any atom is -0.400 e. The summed E-state index contributed by atoms with van der Waals surface area (Å²) in [5, 5.41) is 13.0. The molecule has 0 aliphatic rings. The van der Waals surface area contributed by atoms with Crippen molar-refractivity contribution in [1.82, 2.24) is 5.32 Å². The number of furan rings is 1. The first-order chi connectivity index (χ1) is 7.41. The van der Waals surface area contributed by atoms with E-state index in [1.165, 1.54) is 12.1 Å². The zero-order valence-corrected chi connectivity index (χ0v) is 9.02. The highest BCUT2D eigenvalue weighted by Crippen LogP contribution is 2.21. The van der Waals surface area contributed by atoms with Crippen LogP contribution in [0.15, 0.2) is 23.1 Å². The number of carbonyl (C=O) groups is 1. The predicted molar refractivity (Wildman–Crippen MR) is 57.7 cm³/mol. The van der Waals surface area contributed by atoms with Crippen LogP contribution in [0.3, 0.4) is 0 Å². The highest BCUT2D eigenvalue weighted by molar-refractivity contribution is 6.17. The van der Waals surface area contributed by atoms with Crippen molar-refractivity contribution in [3.63, 3.8) is 0 Å². The summed E-state index contributed by atoms with van der Waals surface area (Å²) < 4.78 is 4.85. The first kappa shape index (κ1) is 12.0. The van der Waals surface area contributed by atoms with Crippen LogP contribution in [-0.2, 0) is 4.79 Å². The molecular formula is C10H12N2O4. The molecule has 0 aliphatic carbocycles. The number of nitro groups is 1. The van der Waals surface area contributed by atoms with E-state index in [-0.39, 0.29) is 17.4 Å². The highest BCUT2D eigenvalue weighted by atomic mass is 16.6. The normalized spacial score (nSPS) is 10.2. The third-order valence-corrected chi connectivity index (χ3v) is 1.76. The summed E-state index contributed by atoms with van der Waals surface area (Å²) in [5.41, 5.74) is 0.0711. The van der Waals surface area contributed by atoms with E-state index in [0.717, 1.165) is 0 Å². The Labute approximate surface area is 92.1 Å². The number of nitrogens with one attached hydrogen (secondary N) is 1. The quantitative estimate of drug-likeness (QED) is 0.479. The minimum atomic E-state index is -0.670. The maximum Gasteiger partial charge on any atom is 0.433 e. The van der Waals surface area contributed by atoms with Gasteiger partial charge < -0.3 is 9.73 Å². The third kappa shape index (κ3) is 2.69. The van der Waals surface area contributed by atoms with Crippen LogP contribution in [0.2, 0.25) is 0 Å². The van der Waals surface area contributed by atoms with Crippen LogP contribution in [-0.4, -0.2) is 16.9 Å². The van der Waals surface area contributed by atoms with E-state index in [0.29, 0.717) is 0 Å². The Morgan fingerprint density at radius 2 is 2.19 bits per heavy atom. The summed E-state index contributed by atoms with van der Waals surface area (Å²) in [4.78, 5) is 21.2. The molecular weight excluding hydrogens is 212 g/mol. The molecule has 1 rings (SSSR count). The fourth-order valence-corrected chi connectivity index (χ4v) is 1.05. The molecule has 6 nitrogen and oxygen atoms in total. The van der Waals surface area contributed by atoms with Crippen molar-refractivity contribution in [3.05, 3.63) is 34.6 Å². The molecule has 0 bridgehead atoms. The van der Waals surface area contributed by atoms with Gasteiger partial charge in [0.15, 0.2) is 0 Å². The Balaban J connectivity index is 2.80. The second-order valence-corrected chi connectivity index (χ2v) is 3.50. The number of rotatable bonds is 4. The Hall–Kier alpha value is -2.11. The summed E-state index contributed by atoms with van der Waals surface area (Å²) in [6, 6.07) is 2.50. The fourth-order valence-electron chi connectivity index (χ4n) is 1.05. The van der Waals surface area contributed by atoms with Gasteiger partial charge in [0.25, 0.3) is 5.91 Å². The summed E-state index contributed by atoms with van der Waals surface area (Å²) >= 11 is 0. The molecule has 1 N–H and O–H groups in total. The summed E-state index contributed by atoms with van der Waals surface area (Å²) in [5.74, 6) is -0.711. The number of amides is 1. The van der Waals surface area contributed by atoms with E-state index in [1.807, 2.05) is 0 Å². The van der Waals surface area contributed by atoms with Crippen LogP contribution < -0.4 is 5.32 Å². The molecule has 1 aromatic rings. The van der Waals surface area contributed by atoms with Crippen molar-refractivity contribution < 1.29 is 14.1 Å². The van der Waals surface area contributed by atoms with Crippen molar-refractivity contribution in [2.45, 2.75) is 19.9 Å². The lowest BCUT2D eigenvalue weighted by Gasteiger charge is -2.08. The van der Waals surface area contributed by atoms with Gasteiger partial charge in [-0.2, -0.15) is 0 Å². The summed E-state index contributed by atoms with van der Waals surface area (Å²) in [6.07, 6.45) is 0. The van der Waals surface area contributed by atoms with Crippen molar-refractivity contribution in [2.75, 3.05) is 0 Å². The molecule has 6 heteroatoms. The lowest BCUT2D eigenvalue weighted by atomic mass is 10.2. The van der Waals surface area contributed by atoms with Crippen LogP contribution in [0.25, 0.3) is 5.57 Å². The van der Waals surface area contributed by atoms with E-state index in [4.69, 9.17) is 4.42 Å². The minimum absolute atomic E-state index is 0.0331. The average molecular weight is 224 g/mol. The molecule has 0 unspecified atom stereocenters. The van der Waals surface area contributed by atoms with Crippen molar-refractivity contribution in [3.8, 4) is 0 Å². The second-order valence-electron chi connectivity index (χ2n) is 3.50. The predicted octanol–water partition coefficient (Wildman–Crippen LogP) is 1.73. The van der Waals surface area contributed by atoms with E-state index >= 15 is 0 Å². The first-order valence-electron chi connectivity index (χ1n) is 4.66. The zero-order chi connectivity index (χ0) is 12.3. The van der Waals surface area contributed by atoms with Gasteiger partial charge in [-0.1, -0.05) is 6.58 Å². The van der Waals surface area contributed by atoms with E-state index in [9.17, 15) is 14.9 Å². The smallest absolute Gasteiger partial charge is 0.400 e. The highest BCUT2D eigenvalue weighted by Gasteiger charge is 2.18. The van der Waals surface area contributed by atoms with Gasteiger partial charge >= 0.3 is 5.88 Å². The average Bonchev–Trinajstić information content (AvgIpc) is 2.64.